The Kier molecular flexibility index (Phi) is 7.35. The number of nitrogens with one attached hydrogen (secondary N) is 2. The van der Waals surface area contributed by atoms with Crippen molar-refractivity contribution in [3.63, 3.8) is 0 Å². The van der Waals surface area contributed by atoms with E-state index in [9.17, 15) is 14.7 Å². The largest absolute Gasteiger partial charge is 0.394 e. The topological polar surface area (TPSA) is 78.4 Å². The summed E-state index contributed by atoms with van der Waals surface area (Å²) in [7, 11) is 0. The average molecular weight is 402 g/mol. The molecule has 0 bridgehead atoms. The Morgan fingerprint density at radius 3 is 1.57 bits per heavy atom. The number of aliphatic hydroxyl groups excluding tert-OH is 1. The van der Waals surface area contributed by atoms with Gasteiger partial charge in [-0.25, -0.2) is 0 Å². The molecule has 2 amide bonds. The molecule has 0 aliphatic heterocycles. The van der Waals surface area contributed by atoms with Crippen LogP contribution in [0.1, 0.15) is 35.6 Å². The number of carbonyl (C=O) groups excluding carboxylic acids is 2. The molecule has 0 aliphatic rings. The Hall–Kier alpha value is -3.44. The molecule has 2 atom stereocenters. The molecule has 3 rings (SSSR count). The predicted octanol–water partition coefficient (Wildman–Crippen LogP) is 3.17. The highest BCUT2D eigenvalue weighted by molar-refractivity contribution is 5.93. The standard InChI is InChI=1S/C25H26N2O3/c1-18(17-28)26-25(30)23(21-15-9-4-10-16-21)27-24(29)22(19-11-5-2-6-12-19)20-13-7-3-8-14-20/h2-16,18,22-23,28H,17H2,1H3,(H,26,30)(H,27,29)/t18-,23+/m1/s1. The van der Waals surface area contributed by atoms with Crippen molar-refractivity contribution < 1.29 is 14.7 Å². The van der Waals surface area contributed by atoms with E-state index in [0.29, 0.717) is 5.56 Å². The van der Waals surface area contributed by atoms with Gasteiger partial charge in [-0.2, -0.15) is 0 Å². The fraction of sp³-hybridized carbons (Fsp3) is 0.200. The maximum Gasteiger partial charge on any atom is 0.247 e. The molecule has 3 aromatic rings. The molecule has 0 aromatic heterocycles. The van der Waals surface area contributed by atoms with Gasteiger partial charge in [0.25, 0.3) is 0 Å². The zero-order chi connectivity index (χ0) is 21.3. The molecule has 0 aliphatic carbocycles. The fourth-order valence-corrected chi connectivity index (χ4v) is 3.33. The Morgan fingerprint density at radius 1 is 0.700 bits per heavy atom. The minimum atomic E-state index is -0.873. The van der Waals surface area contributed by atoms with Gasteiger partial charge >= 0.3 is 0 Å². The maximum absolute atomic E-state index is 13.4. The van der Waals surface area contributed by atoms with Crippen LogP contribution in [0.3, 0.4) is 0 Å². The Labute approximate surface area is 176 Å². The normalized spacial score (nSPS) is 12.8. The minimum Gasteiger partial charge on any atom is -0.394 e. The molecule has 154 valence electrons. The molecule has 0 spiro atoms. The first-order chi connectivity index (χ1) is 14.6. The molecule has 5 nitrogen and oxygen atoms in total. The third kappa shape index (κ3) is 5.33. The van der Waals surface area contributed by atoms with Crippen LogP contribution >= 0.6 is 0 Å². The summed E-state index contributed by atoms with van der Waals surface area (Å²) in [4.78, 5) is 26.4. The lowest BCUT2D eigenvalue weighted by atomic mass is 9.90. The second kappa shape index (κ2) is 10.4. The number of hydrogen-bond donors (Lipinski definition) is 3. The monoisotopic (exact) mass is 402 g/mol. The fourth-order valence-electron chi connectivity index (χ4n) is 3.33. The smallest absolute Gasteiger partial charge is 0.247 e. The first kappa shape index (κ1) is 21.3. The van der Waals surface area contributed by atoms with Crippen LogP contribution in [-0.2, 0) is 9.59 Å². The maximum atomic E-state index is 13.4. The van der Waals surface area contributed by atoms with Crippen LogP contribution in [-0.4, -0.2) is 29.6 Å². The molecule has 0 saturated heterocycles. The first-order valence-corrected chi connectivity index (χ1v) is 9.96. The molecular formula is C25H26N2O3. The van der Waals surface area contributed by atoms with Crippen molar-refractivity contribution in [2.24, 2.45) is 0 Å². The molecular weight excluding hydrogens is 376 g/mol. The molecule has 30 heavy (non-hydrogen) atoms. The Balaban J connectivity index is 1.93. The third-order valence-corrected chi connectivity index (χ3v) is 4.87. The van der Waals surface area contributed by atoms with E-state index >= 15 is 0 Å². The van der Waals surface area contributed by atoms with E-state index in [1.54, 1.807) is 19.1 Å². The van der Waals surface area contributed by atoms with Gasteiger partial charge in [0.05, 0.1) is 12.5 Å². The summed E-state index contributed by atoms with van der Waals surface area (Å²) in [5.41, 5.74) is 2.36. The molecule has 5 heteroatoms. The van der Waals surface area contributed by atoms with E-state index in [1.807, 2.05) is 78.9 Å². The van der Waals surface area contributed by atoms with E-state index in [0.717, 1.165) is 11.1 Å². The van der Waals surface area contributed by atoms with Gasteiger partial charge in [-0.15, -0.1) is 0 Å². The lowest BCUT2D eigenvalue weighted by Crippen LogP contribution is -2.45. The highest BCUT2D eigenvalue weighted by Crippen LogP contribution is 2.26. The van der Waals surface area contributed by atoms with Crippen LogP contribution in [0.4, 0.5) is 0 Å². The van der Waals surface area contributed by atoms with Crippen LogP contribution in [0.2, 0.25) is 0 Å². The van der Waals surface area contributed by atoms with E-state index in [2.05, 4.69) is 10.6 Å². The second-order valence-electron chi connectivity index (χ2n) is 7.20. The second-order valence-corrected chi connectivity index (χ2v) is 7.20. The van der Waals surface area contributed by atoms with E-state index in [4.69, 9.17) is 0 Å². The van der Waals surface area contributed by atoms with Gasteiger partial charge in [-0.1, -0.05) is 91.0 Å². The van der Waals surface area contributed by atoms with Crippen molar-refractivity contribution in [2.75, 3.05) is 6.61 Å². The van der Waals surface area contributed by atoms with Gasteiger partial charge in [0.15, 0.2) is 0 Å². The summed E-state index contributed by atoms with van der Waals surface area (Å²) in [6.07, 6.45) is 0. The minimum absolute atomic E-state index is 0.183. The highest BCUT2D eigenvalue weighted by Gasteiger charge is 2.29. The van der Waals surface area contributed by atoms with Crippen molar-refractivity contribution in [1.82, 2.24) is 10.6 Å². The van der Waals surface area contributed by atoms with Crippen LogP contribution in [0.5, 0.6) is 0 Å². The number of carbonyl (C=O) groups is 2. The van der Waals surface area contributed by atoms with Gasteiger partial charge in [-0.3, -0.25) is 9.59 Å². The first-order valence-electron chi connectivity index (χ1n) is 9.96. The van der Waals surface area contributed by atoms with Crippen LogP contribution in [0, 0.1) is 0 Å². The molecule has 3 N–H and O–H groups in total. The van der Waals surface area contributed by atoms with Crippen LogP contribution in [0.25, 0.3) is 0 Å². The van der Waals surface area contributed by atoms with Gasteiger partial charge < -0.3 is 15.7 Å². The molecule has 0 radical (unpaired) electrons. The zero-order valence-corrected chi connectivity index (χ0v) is 16.9. The summed E-state index contributed by atoms with van der Waals surface area (Å²) in [6.45, 7) is 1.52. The summed E-state index contributed by atoms with van der Waals surface area (Å²) < 4.78 is 0. The Morgan fingerprint density at radius 2 is 1.13 bits per heavy atom. The van der Waals surface area contributed by atoms with Gasteiger partial charge in [0, 0.05) is 6.04 Å². The highest BCUT2D eigenvalue weighted by atomic mass is 16.3. The number of hydrogen-bond acceptors (Lipinski definition) is 3. The number of aliphatic hydroxyl groups is 1. The van der Waals surface area contributed by atoms with Crippen molar-refractivity contribution in [1.29, 1.82) is 0 Å². The molecule has 0 fully saturated rings. The quantitative estimate of drug-likeness (QED) is 0.542. The molecule has 3 aromatic carbocycles. The third-order valence-electron chi connectivity index (χ3n) is 4.87. The summed E-state index contributed by atoms with van der Waals surface area (Å²) in [6, 6.07) is 26.8. The van der Waals surface area contributed by atoms with E-state index in [-0.39, 0.29) is 18.4 Å². The zero-order valence-electron chi connectivity index (χ0n) is 16.9. The average Bonchev–Trinajstić information content (AvgIpc) is 2.79. The molecule has 0 heterocycles. The van der Waals surface area contributed by atoms with Crippen molar-refractivity contribution in [2.45, 2.75) is 24.9 Å². The SMILES string of the molecule is C[C@H](CO)NC(=O)[C@@H](NC(=O)C(c1ccccc1)c1ccccc1)c1ccccc1. The number of amides is 2. The summed E-state index contributed by atoms with van der Waals surface area (Å²) >= 11 is 0. The van der Waals surface area contributed by atoms with Crippen LogP contribution in [0.15, 0.2) is 91.0 Å². The number of benzene rings is 3. The van der Waals surface area contributed by atoms with Crippen LogP contribution < -0.4 is 10.6 Å². The van der Waals surface area contributed by atoms with Crippen molar-refractivity contribution in [3.8, 4) is 0 Å². The van der Waals surface area contributed by atoms with Crippen molar-refractivity contribution in [3.05, 3.63) is 108 Å². The Bertz CT molecular complexity index is 906. The van der Waals surface area contributed by atoms with E-state index < -0.39 is 18.0 Å². The number of rotatable bonds is 8. The lowest BCUT2D eigenvalue weighted by molar-refractivity contribution is -0.130. The van der Waals surface area contributed by atoms with Gasteiger partial charge in [-0.05, 0) is 23.6 Å². The molecule has 0 saturated carbocycles. The summed E-state index contributed by atoms with van der Waals surface area (Å²) in [5, 5.41) is 15.0. The van der Waals surface area contributed by atoms with Crippen molar-refractivity contribution >= 4 is 11.8 Å². The van der Waals surface area contributed by atoms with Gasteiger partial charge in [0.1, 0.15) is 6.04 Å². The lowest BCUT2D eigenvalue weighted by Gasteiger charge is -2.24. The van der Waals surface area contributed by atoms with E-state index in [1.165, 1.54) is 0 Å². The predicted molar refractivity (Wildman–Crippen MR) is 117 cm³/mol. The summed E-state index contributed by atoms with van der Waals surface area (Å²) in [5.74, 6) is -1.19. The van der Waals surface area contributed by atoms with Gasteiger partial charge in [0.2, 0.25) is 11.8 Å². The molecule has 0 unspecified atom stereocenters.